The molecule has 0 fully saturated rings. The second-order valence-corrected chi connectivity index (χ2v) is 6.50. The molecule has 132 valence electrons. The van der Waals surface area contributed by atoms with Crippen LogP contribution in [0.15, 0.2) is 84.1 Å². The number of rotatable bonds is 4. The van der Waals surface area contributed by atoms with Crippen LogP contribution in [-0.2, 0) is 0 Å². The number of aryl methyl sites for hydroxylation is 2. The van der Waals surface area contributed by atoms with Crippen molar-refractivity contribution in [3.8, 4) is 0 Å². The first kappa shape index (κ1) is 16.9. The maximum Gasteiger partial charge on any atom is 0.147 e. The monoisotopic (exact) mass is 352 g/mol. The second kappa shape index (κ2) is 7.38. The summed E-state index contributed by atoms with van der Waals surface area (Å²) in [4.78, 5) is 9.15. The second-order valence-electron chi connectivity index (χ2n) is 6.50. The molecule has 2 heterocycles. The third kappa shape index (κ3) is 3.70. The highest BCUT2D eigenvalue weighted by molar-refractivity contribution is 6.11. The molecular weight excluding hydrogens is 332 g/mol. The van der Waals surface area contributed by atoms with Crippen molar-refractivity contribution in [1.82, 2.24) is 9.97 Å². The summed E-state index contributed by atoms with van der Waals surface area (Å²) in [5, 5.41) is 5.81. The lowest BCUT2D eigenvalue weighted by Crippen LogP contribution is -2.09. The van der Waals surface area contributed by atoms with E-state index in [1.54, 1.807) is 6.20 Å². The molecule has 4 aromatic rings. The van der Waals surface area contributed by atoms with Gasteiger partial charge in [0.15, 0.2) is 0 Å². The highest BCUT2D eigenvalue weighted by Crippen LogP contribution is 2.21. The average molecular weight is 352 g/mol. The molecule has 0 aliphatic rings. The van der Waals surface area contributed by atoms with Crippen molar-refractivity contribution < 1.29 is 0 Å². The zero-order chi connectivity index (χ0) is 18.6. The van der Waals surface area contributed by atoms with Crippen molar-refractivity contribution in [3.63, 3.8) is 0 Å². The van der Waals surface area contributed by atoms with Gasteiger partial charge in [0.2, 0.25) is 0 Å². The van der Waals surface area contributed by atoms with E-state index in [-0.39, 0.29) is 0 Å². The van der Waals surface area contributed by atoms with Crippen LogP contribution >= 0.6 is 0 Å². The van der Waals surface area contributed by atoms with Crippen molar-refractivity contribution >= 4 is 22.4 Å². The number of hydrazone groups is 1. The topological polar surface area (TPSA) is 50.2 Å². The normalized spacial score (nSPS) is 11.6. The smallest absolute Gasteiger partial charge is 0.147 e. The molecule has 0 unspecified atom stereocenters. The fourth-order valence-corrected chi connectivity index (χ4v) is 3.05. The van der Waals surface area contributed by atoms with E-state index in [0.29, 0.717) is 5.82 Å². The number of pyridine rings is 2. The lowest BCUT2D eigenvalue weighted by atomic mass is 10.1. The summed E-state index contributed by atoms with van der Waals surface area (Å²) in [6, 6.07) is 24.1. The summed E-state index contributed by atoms with van der Waals surface area (Å²) in [5.74, 6) is 0.716. The minimum atomic E-state index is 0.716. The van der Waals surface area contributed by atoms with E-state index < -0.39 is 0 Å². The van der Waals surface area contributed by atoms with Crippen molar-refractivity contribution in [2.75, 3.05) is 5.43 Å². The molecule has 4 rings (SSSR count). The molecule has 4 heteroatoms. The van der Waals surface area contributed by atoms with Crippen LogP contribution in [0.25, 0.3) is 10.9 Å². The Kier molecular flexibility index (Phi) is 4.62. The maximum absolute atomic E-state index is 4.70. The van der Waals surface area contributed by atoms with Crippen LogP contribution in [0.5, 0.6) is 0 Å². The van der Waals surface area contributed by atoms with Gasteiger partial charge in [-0.2, -0.15) is 5.10 Å². The number of fused-ring (bicyclic) bond motifs is 1. The third-order valence-corrected chi connectivity index (χ3v) is 4.41. The zero-order valence-corrected chi connectivity index (χ0v) is 15.3. The highest BCUT2D eigenvalue weighted by atomic mass is 15.3. The fraction of sp³-hybridized carbons (Fsp3) is 0.0870. The van der Waals surface area contributed by atoms with Gasteiger partial charge in [0.1, 0.15) is 11.5 Å². The number of anilines is 1. The van der Waals surface area contributed by atoms with Crippen molar-refractivity contribution in [1.29, 1.82) is 0 Å². The first-order chi connectivity index (χ1) is 13.2. The predicted molar refractivity (Wildman–Crippen MR) is 111 cm³/mol. The van der Waals surface area contributed by atoms with Gasteiger partial charge in [-0.1, -0.05) is 48.0 Å². The van der Waals surface area contributed by atoms with Gasteiger partial charge in [-0.15, -0.1) is 0 Å². The number of hydrogen-bond donors (Lipinski definition) is 1. The third-order valence-electron chi connectivity index (χ3n) is 4.41. The lowest BCUT2D eigenvalue weighted by molar-refractivity contribution is 1.22. The average Bonchev–Trinajstić information content (AvgIpc) is 2.70. The van der Waals surface area contributed by atoms with E-state index in [0.717, 1.165) is 27.9 Å². The van der Waals surface area contributed by atoms with E-state index in [2.05, 4.69) is 41.5 Å². The molecule has 0 atom stereocenters. The Morgan fingerprint density at radius 2 is 1.70 bits per heavy atom. The molecule has 0 amide bonds. The van der Waals surface area contributed by atoms with Crippen LogP contribution in [-0.4, -0.2) is 15.7 Å². The Balaban J connectivity index is 1.74. The maximum atomic E-state index is 4.70. The lowest BCUT2D eigenvalue weighted by Gasteiger charge is -2.09. The van der Waals surface area contributed by atoms with Gasteiger partial charge < -0.3 is 0 Å². The Morgan fingerprint density at radius 3 is 2.48 bits per heavy atom. The number of benzene rings is 2. The standard InChI is InChI=1S/C23H20N4/c1-16-11-12-20-19(14-16)17(2)15-22(25-20)26-27-23(18-8-4-3-5-9-18)21-10-6-7-13-24-21/h3-15H,1-2H3,(H,25,26)/b27-23-. The number of nitrogens with zero attached hydrogens (tertiary/aromatic N) is 3. The Labute approximate surface area is 158 Å². The molecule has 0 aliphatic heterocycles. The van der Waals surface area contributed by atoms with E-state index >= 15 is 0 Å². The molecule has 0 bridgehead atoms. The summed E-state index contributed by atoms with van der Waals surface area (Å²) in [6.07, 6.45) is 1.77. The molecule has 2 aromatic carbocycles. The van der Waals surface area contributed by atoms with Crippen molar-refractivity contribution in [3.05, 3.63) is 101 Å². The number of aromatic nitrogens is 2. The minimum absolute atomic E-state index is 0.716. The van der Waals surface area contributed by atoms with Crippen LogP contribution in [0.3, 0.4) is 0 Å². The number of nitrogens with one attached hydrogen (secondary N) is 1. The van der Waals surface area contributed by atoms with E-state index in [1.807, 2.05) is 60.7 Å². The van der Waals surface area contributed by atoms with Gasteiger partial charge in [-0.05, 0) is 49.7 Å². The van der Waals surface area contributed by atoms with E-state index in [4.69, 9.17) is 4.98 Å². The summed E-state index contributed by atoms with van der Waals surface area (Å²) >= 11 is 0. The molecule has 0 saturated heterocycles. The predicted octanol–water partition coefficient (Wildman–Crippen LogP) is 5.11. The minimum Gasteiger partial charge on any atom is -0.261 e. The molecule has 4 nitrogen and oxygen atoms in total. The van der Waals surface area contributed by atoms with Crippen molar-refractivity contribution in [2.45, 2.75) is 13.8 Å². The summed E-state index contributed by atoms with van der Waals surface area (Å²) < 4.78 is 0. The summed E-state index contributed by atoms with van der Waals surface area (Å²) in [6.45, 7) is 4.18. The van der Waals surface area contributed by atoms with Gasteiger partial charge in [-0.3, -0.25) is 10.4 Å². The Morgan fingerprint density at radius 1 is 0.889 bits per heavy atom. The molecule has 2 aromatic heterocycles. The molecule has 0 aliphatic carbocycles. The van der Waals surface area contributed by atoms with Gasteiger partial charge >= 0.3 is 0 Å². The SMILES string of the molecule is Cc1ccc2nc(N/N=C(/c3ccccc3)c3ccccn3)cc(C)c2c1. The Bertz CT molecular complexity index is 1060. The zero-order valence-electron chi connectivity index (χ0n) is 15.3. The van der Waals surface area contributed by atoms with Crippen LogP contribution in [0.4, 0.5) is 5.82 Å². The van der Waals surface area contributed by atoms with Crippen LogP contribution in [0, 0.1) is 13.8 Å². The van der Waals surface area contributed by atoms with E-state index in [9.17, 15) is 0 Å². The van der Waals surface area contributed by atoms with Gasteiger partial charge in [0.25, 0.3) is 0 Å². The van der Waals surface area contributed by atoms with Gasteiger partial charge in [-0.25, -0.2) is 4.98 Å². The van der Waals surface area contributed by atoms with Crippen molar-refractivity contribution in [2.24, 2.45) is 5.10 Å². The first-order valence-corrected chi connectivity index (χ1v) is 8.89. The van der Waals surface area contributed by atoms with E-state index in [1.165, 1.54) is 11.1 Å². The molecule has 0 saturated carbocycles. The highest BCUT2D eigenvalue weighted by Gasteiger charge is 2.09. The largest absolute Gasteiger partial charge is 0.261 e. The van der Waals surface area contributed by atoms with Gasteiger partial charge in [0, 0.05) is 17.1 Å². The fourth-order valence-electron chi connectivity index (χ4n) is 3.05. The number of hydrogen-bond acceptors (Lipinski definition) is 4. The molecule has 0 spiro atoms. The summed E-state index contributed by atoms with van der Waals surface area (Å²) in [7, 11) is 0. The van der Waals surface area contributed by atoms with Crippen LogP contribution < -0.4 is 5.43 Å². The van der Waals surface area contributed by atoms with Crippen LogP contribution in [0.2, 0.25) is 0 Å². The molecule has 0 radical (unpaired) electrons. The Hall–Kier alpha value is -3.53. The molecule has 27 heavy (non-hydrogen) atoms. The molecular formula is C23H20N4. The quantitative estimate of drug-likeness (QED) is 0.410. The first-order valence-electron chi connectivity index (χ1n) is 8.89. The summed E-state index contributed by atoms with van der Waals surface area (Å²) in [5.41, 5.74) is 9.06. The van der Waals surface area contributed by atoms with Gasteiger partial charge in [0.05, 0.1) is 11.2 Å². The van der Waals surface area contributed by atoms with Crippen LogP contribution in [0.1, 0.15) is 22.4 Å². The molecule has 1 N–H and O–H groups in total.